The number of anilines is 1. The van der Waals surface area contributed by atoms with Crippen LogP contribution in [0, 0.1) is 0 Å². The van der Waals surface area contributed by atoms with E-state index in [2.05, 4.69) is 10.3 Å². The van der Waals surface area contributed by atoms with Crippen molar-refractivity contribution in [3.63, 3.8) is 0 Å². The number of hydrogen-bond acceptors (Lipinski definition) is 2. The van der Waals surface area contributed by atoms with Gasteiger partial charge in [-0.3, -0.25) is 4.79 Å². The van der Waals surface area contributed by atoms with Crippen LogP contribution in [0.4, 0.5) is 18.9 Å². The minimum absolute atomic E-state index is 0.0700. The summed E-state index contributed by atoms with van der Waals surface area (Å²) >= 11 is 5.95. The van der Waals surface area contributed by atoms with Crippen molar-refractivity contribution in [2.45, 2.75) is 25.9 Å². The molecule has 3 aromatic rings. The molecule has 0 radical (unpaired) electrons. The molecule has 3 rings (SSSR count). The van der Waals surface area contributed by atoms with E-state index in [1.165, 1.54) is 10.6 Å². The van der Waals surface area contributed by atoms with E-state index >= 15 is 0 Å². The van der Waals surface area contributed by atoms with Gasteiger partial charge in [0.15, 0.2) is 5.65 Å². The number of carbonyl (C=O) groups excluding carboxylic acids is 1. The van der Waals surface area contributed by atoms with Gasteiger partial charge in [0.2, 0.25) is 5.91 Å². The lowest BCUT2D eigenvalue weighted by Crippen LogP contribution is -2.10. The van der Waals surface area contributed by atoms with Crippen molar-refractivity contribution in [3.8, 4) is 11.3 Å². The van der Waals surface area contributed by atoms with Gasteiger partial charge in [-0.1, -0.05) is 30.7 Å². The monoisotopic (exact) mass is 381 g/mol. The molecule has 0 spiro atoms. The molecule has 26 heavy (non-hydrogen) atoms. The Labute approximate surface area is 152 Å². The second kappa shape index (κ2) is 6.99. The third kappa shape index (κ3) is 3.83. The molecule has 0 atom stereocenters. The molecule has 0 fully saturated rings. The number of amides is 1. The Morgan fingerprint density at radius 1 is 1.23 bits per heavy atom. The summed E-state index contributed by atoms with van der Waals surface area (Å²) < 4.78 is 40.0. The highest BCUT2D eigenvalue weighted by Crippen LogP contribution is 2.33. The first-order valence-electron chi connectivity index (χ1n) is 7.93. The molecule has 2 heterocycles. The second-order valence-corrected chi connectivity index (χ2v) is 6.21. The van der Waals surface area contributed by atoms with Crippen molar-refractivity contribution in [3.05, 3.63) is 53.3 Å². The Balaban J connectivity index is 1.91. The summed E-state index contributed by atoms with van der Waals surface area (Å²) in [4.78, 5) is 15.9. The molecule has 1 N–H and O–H groups in total. The number of alkyl halides is 3. The van der Waals surface area contributed by atoms with Gasteiger partial charge in [0.05, 0.1) is 16.3 Å². The number of benzene rings is 1. The molecule has 0 saturated heterocycles. The van der Waals surface area contributed by atoms with E-state index in [1.54, 1.807) is 24.3 Å². The number of nitrogens with zero attached hydrogens (tertiary/aromatic N) is 2. The SMILES string of the molecule is CCCC(=O)Nc1ccc(-c2cn3cc(C(F)(F)F)cc(Cl)c3n2)cc1. The van der Waals surface area contributed by atoms with Gasteiger partial charge in [0, 0.05) is 30.1 Å². The third-order valence-corrected chi connectivity index (χ3v) is 4.05. The number of halogens is 4. The van der Waals surface area contributed by atoms with Crippen LogP contribution in [-0.2, 0) is 11.0 Å². The highest BCUT2D eigenvalue weighted by Gasteiger charge is 2.31. The zero-order chi connectivity index (χ0) is 18.9. The average Bonchev–Trinajstić information content (AvgIpc) is 2.99. The van der Waals surface area contributed by atoms with Crippen LogP contribution < -0.4 is 5.32 Å². The lowest BCUT2D eigenvalue weighted by Gasteiger charge is -2.07. The molecule has 0 unspecified atom stereocenters. The summed E-state index contributed by atoms with van der Waals surface area (Å²) in [6.07, 6.45) is -0.848. The molecule has 136 valence electrons. The normalized spacial score (nSPS) is 11.7. The summed E-state index contributed by atoms with van der Waals surface area (Å²) in [7, 11) is 0. The van der Waals surface area contributed by atoms with Gasteiger partial charge in [-0.25, -0.2) is 4.98 Å². The number of imidazole rings is 1. The lowest BCUT2D eigenvalue weighted by atomic mass is 10.1. The fourth-order valence-electron chi connectivity index (χ4n) is 2.53. The molecular weight excluding hydrogens is 367 g/mol. The maximum atomic E-state index is 12.9. The first-order valence-corrected chi connectivity index (χ1v) is 8.31. The fourth-order valence-corrected chi connectivity index (χ4v) is 2.78. The molecule has 0 aliphatic heterocycles. The van der Waals surface area contributed by atoms with Gasteiger partial charge in [-0.05, 0) is 24.6 Å². The van der Waals surface area contributed by atoms with Crippen LogP contribution in [0.3, 0.4) is 0 Å². The Morgan fingerprint density at radius 2 is 1.92 bits per heavy atom. The van der Waals surface area contributed by atoms with Crippen LogP contribution >= 0.6 is 11.6 Å². The van der Waals surface area contributed by atoms with Crippen molar-refractivity contribution in [2.75, 3.05) is 5.32 Å². The smallest absolute Gasteiger partial charge is 0.326 e. The van der Waals surface area contributed by atoms with E-state index in [0.717, 1.165) is 18.7 Å². The standard InChI is InChI=1S/C18H15ClF3N3O/c1-2-3-16(26)23-13-6-4-11(5-7-13)15-10-25-9-12(18(20,21)22)8-14(19)17(25)24-15/h4-10H,2-3H2,1H3,(H,23,26). The first-order chi connectivity index (χ1) is 12.3. The van der Waals surface area contributed by atoms with Crippen LogP contribution in [0.25, 0.3) is 16.9 Å². The molecule has 2 aromatic heterocycles. The van der Waals surface area contributed by atoms with Crippen molar-refractivity contribution < 1.29 is 18.0 Å². The zero-order valence-electron chi connectivity index (χ0n) is 13.8. The number of fused-ring (bicyclic) bond motifs is 1. The predicted octanol–water partition coefficient (Wildman–Crippen LogP) is 5.41. The molecule has 0 saturated carbocycles. The highest BCUT2D eigenvalue weighted by molar-refractivity contribution is 6.33. The van der Waals surface area contributed by atoms with E-state index < -0.39 is 11.7 Å². The third-order valence-electron chi connectivity index (χ3n) is 3.78. The quantitative estimate of drug-likeness (QED) is 0.656. The van der Waals surface area contributed by atoms with E-state index in [1.807, 2.05) is 6.92 Å². The van der Waals surface area contributed by atoms with Gasteiger partial charge in [-0.2, -0.15) is 13.2 Å². The minimum Gasteiger partial charge on any atom is -0.326 e. The maximum absolute atomic E-state index is 12.9. The Hall–Kier alpha value is -2.54. The van der Waals surface area contributed by atoms with Crippen LogP contribution in [0.15, 0.2) is 42.7 Å². The summed E-state index contributed by atoms with van der Waals surface area (Å²) in [5.74, 6) is -0.0700. The molecule has 0 bridgehead atoms. The predicted molar refractivity (Wildman–Crippen MR) is 94.2 cm³/mol. The topological polar surface area (TPSA) is 46.4 Å². The Bertz CT molecular complexity index is 949. The lowest BCUT2D eigenvalue weighted by molar-refractivity contribution is -0.137. The van der Waals surface area contributed by atoms with Gasteiger partial charge in [0.1, 0.15) is 0 Å². The number of nitrogens with one attached hydrogen (secondary N) is 1. The number of pyridine rings is 1. The van der Waals surface area contributed by atoms with Crippen molar-refractivity contribution in [1.29, 1.82) is 0 Å². The molecule has 0 aliphatic carbocycles. The zero-order valence-corrected chi connectivity index (χ0v) is 14.5. The molecule has 1 amide bonds. The number of hydrogen-bond donors (Lipinski definition) is 1. The average molecular weight is 382 g/mol. The van der Waals surface area contributed by atoms with Gasteiger partial charge in [0.25, 0.3) is 0 Å². The molecule has 0 aliphatic rings. The van der Waals surface area contributed by atoms with Crippen LogP contribution in [0.1, 0.15) is 25.3 Å². The van der Waals surface area contributed by atoms with E-state index in [9.17, 15) is 18.0 Å². The fraction of sp³-hybridized carbons (Fsp3) is 0.222. The number of aromatic nitrogens is 2. The largest absolute Gasteiger partial charge is 0.417 e. The second-order valence-electron chi connectivity index (χ2n) is 5.81. The van der Waals surface area contributed by atoms with E-state index in [4.69, 9.17) is 11.6 Å². The molecule has 8 heteroatoms. The minimum atomic E-state index is -4.49. The number of carbonyl (C=O) groups is 1. The molecular formula is C18H15ClF3N3O. The molecule has 4 nitrogen and oxygen atoms in total. The summed E-state index contributed by atoms with van der Waals surface area (Å²) in [5, 5.41) is 2.70. The summed E-state index contributed by atoms with van der Waals surface area (Å²) in [6, 6.07) is 7.77. The van der Waals surface area contributed by atoms with E-state index in [-0.39, 0.29) is 16.6 Å². The Morgan fingerprint density at radius 3 is 2.54 bits per heavy atom. The molecule has 1 aromatic carbocycles. The van der Waals surface area contributed by atoms with Crippen molar-refractivity contribution in [1.82, 2.24) is 9.38 Å². The van der Waals surface area contributed by atoms with Gasteiger partial charge < -0.3 is 9.72 Å². The summed E-state index contributed by atoms with van der Waals surface area (Å²) in [6.45, 7) is 1.92. The van der Waals surface area contributed by atoms with Crippen LogP contribution in [0.5, 0.6) is 0 Å². The Kier molecular flexibility index (Phi) is 4.91. The maximum Gasteiger partial charge on any atom is 0.417 e. The number of rotatable bonds is 4. The van der Waals surface area contributed by atoms with Gasteiger partial charge >= 0.3 is 6.18 Å². The first kappa shape index (κ1) is 18.3. The summed E-state index contributed by atoms with van der Waals surface area (Å²) in [5.41, 5.74) is 1.24. The van der Waals surface area contributed by atoms with E-state index in [0.29, 0.717) is 23.4 Å². The van der Waals surface area contributed by atoms with Crippen LogP contribution in [-0.4, -0.2) is 15.3 Å². The highest BCUT2D eigenvalue weighted by atomic mass is 35.5. The van der Waals surface area contributed by atoms with Gasteiger partial charge in [-0.15, -0.1) is 0 Å². The van der Waals surface area contributed by atoms with Crippen molar-refractivity contribution in [2.24, 2.45) is 0 Å². The van der Waals surface area contributed by atoms with Crippen molar-refractivity contribution >= 4 is 28.8 Å². The van der Waals surface area contributed by atoms with Crippen LogP contribution in [0.2, 0.25) is 5.02 Å².